The number of hydrogen-bond acceptors (Lipinski definition) is 2. The average molecular weight is 157 g/mol. The number of piperidine rings is 1. The molecule has 2 amide bonds. The Balaban J connectivity index is 2.35. The van der Waals surface area contributed by atoms with Crippen molar-refractivity contribution >= 4 is 6.03 Å². The third kappa shape index (κ3) is 2.38. The van der Waals surface area contributed by atoms with Gasteiger partial charge in [0.2, 0.25) is 0 Å². The molecule has 4 heteroatoms. The molecule has 0 aromatic rings. The van der Waals surface area contributed by atoms with E-state index in [4.69, 9.17) is 5.73 Å². The van der Waals surface area contributed by atoms with Crippen LogP contribution < -0.4 is 11.2 Å². The summed E-state index contributed by atoms with van der Waals surface area (Å²) < 4.78 is 0. The zero-order valence-corrected chi connectivity index (χ0v) is 6.84. The number of amides is 2. The van der Waals surface area contributed by atoms with E-state index in [9.17, 15) is 4.79 Å². The van der Waals surface area contributed by atoms with E-state index in [1.54, 1.807) is 0 Å². The van der Waals surface area contributed by atoms with Crippen molar-refractivity contribution in [2.45, 2.75) is 32.2 Å². The second kappa shape index (κ2) is 3.57. The molecule has 3 N–H and O–H groups in total. The van der Waals surface area contributed by atoms with E-state index >= 15 is 0 Å². The van der Waals surface area contributed by atoms with E-state index < -0.39 is 6.03 Å². The lowest BCUT2D eigenvalue weighted by Gasteiger charge is -2.32. The van der Waals surface area contributed by atoms with Crippen LogP contribution >= 0.6 is 0 Å². The van der Waals surface area contributed by atoms with Gasteiger partial charge in [-0.2, -0.15) is 0 Å². The Morgan fingerprint density at radius 3 is 2.91 bits per heavy atom. The van der Waals surface area contributed by atoms with Crippen LogP contribution in [-0.2, 0) is 0 Å². The molecule has 4 nitrogen and oxygen atoms in total. The molecule has 0 aromatic heterocycles. The minimum absolute atomic E-state index is 0.427. The van der Waals surface area contributed by atoms with Crippen molar-refractivity contribution in [1.29, 1.82) is 0 Å². The number of nitrogens with one attached hydrogen (secondary N) is 1. The molecule has 0 bridgehead atoms. The summed E-state index contributed by atoms with van der Waals surface area (Å²) in [6.07, 6.45) is 3.53. The number of hydrogen-bond donors (Lipinski definition) is 2. The number of primary amides is 1. The van der Waals surface area contributed by atoms with Crippen LogP contribution in [0, 0.1) is 0 Å². The highest BCUT2D eigenvalue weighted by Crippen LogP contribution is 2.13. The fourth-order valence-corrected chi connectivity index (χ4v) is 1.41. The average Bonchev–Trinajstić information content (AvgIpc) is 1.93. The monoisotopic (exact) mass is 157 g/mol. The minimum Gasteiger partial charge on any atom is -0.351 e. The zero-order valence-electron chi connectivity index (χ0n) is 6.84. The van der Waals surface area contributed by atoms with Crippen LogP contribution in [0.15, 0.2) is 0 Å². The molecule has 11 heavy (non-hydrogen) atoms. The van der Waals surface area contributed by atoms with Gasteiger partial charge >= 0.3 is 6.03 Å². The summed E-state index contributed by atoms with van der Waals surface area (Å²) in [6.45, 7) is 3.01. The predicted molar refractivity (Wildman–Crippen MR) is 42.7 cm³/mol. The molecule has 0 aromatic carbocycles. The second-order valence-electron chi connectivity index (χ2n) is 3.01. The molecule has 0 aliphatic carbocycles. The molecule has 0 radical (unpaired) electrons. The Morgan fingerprint density at radius 2 is 2.36 bits per heavy atom. The molecular formula is C7H15N3O. The Bertz CT molecular complexity index is 149. The molecule has 1 fully saturated rings. The van der Waals surface area contributed by atoms with Crippen LogP contribution in [0.2, 0.25) is 0 Å². The number of nitrogens with zero attached hydrogens (tertiary/aromatic N) is 1. The SMILES string of the molecule is CC1CCCCN1NC(N)=O. The summed E-state index contributed by atoms with van der Waals surface area (Å²) in [5, 5.41) is 1.91. The highest BCUT2D eigenvalue weighted by molar-refractivity contribution is 5.70. The van der Waals surface area contributed by atoms with Crippen LogP contribution in [0.25, 0.3) is 0 Å². The fourth-order valence-electron chi connectivity index (χ4n) is 1.41. The largest absolute Gasteiger partial charge is 0.351 e. The molecule has 1 atom stereocenters. The smallest absolute Gasteiger partial charge is 0.326 e. The second-order valence-corrected chi connectivity index (χ2v) is 3.01. The van der Waals surface area contributed by atoms with Crippen LogP contribution in [0.5, 0.6) is 0 Å². The first-order valence-electron chi connectivity index (χ1n) is 4.03. The van der Waals surface area contributed by atoms with E-state index in [1.165, 1.54) is 6.42 Å². The van der Waals surface area contributed by atoms with Crippen molar-refractivity contribution in [2.24, 2.45) is 5.73 Å². The summed E-state index contributed by atoms with van der Waals surface area (Å²) >= 11 is 0. The van der Waals surface area contributed by atoms with Crippen LogP contribution in [0.3, 0.4) is 0 Å². The molecule has 1 heterocycles. The maximum absolute atomic E-state index is 10.5. The predicted octanol–water partition coefficient (Wildman–Crippen LogP) is 0.444. The van der Waals surface area contributed by atoms with Gasteiger partial charge in [-0.05, 0) is 19.8 Å². The highest BCUT2D eigenvalue weighted by Gasteiger charge is 2.18. The zero-order chi connectivity index (χ0) is 8.27. The molecule has 1 aliphatic heterocycles. The summed E-state index contributed by atoms with van der Waals surface area (Å²) in [6, 6.07) is -0.0324. The molecule has 0 saturated carbocycles. The van der Waals surface area contributed by atoms with Gasteiger partial charge in [0.1, 0.15) is 0 Å². The highest BCUT2D eigenvalue weighted by atomic mass is 16.2. The van der Waals surface area contributed by atoms with Crippen molar-refractivity contribution in [3.05, 3.63) is 0 Å². The topological polar surface area (TPSA) is 58.4 Å². The summed E-state index contributed by atoms with van der Waals surface area (Å²) in [5.41, 5.74) is 7.60. The Morgan fingerprint density at radius 1 is 1.64 bits per heavy atom. The lowest BCUT2D eigenvalue weighted by molar-refractivity contribution is 0.110. The number of rotatable bonds is 1. The molecule has 1 saturated heterocycles. The van der Waals surface area contributed by atoms with E-state index in [-0.39, 0.29) is 0 Å². The van der Waals surface area contributed by atoms with Gasteiger partial charge in [0.05, 0.1) is 0 Å². The summed E-state index contributed by atoms with van der Waals surface area (Å²) in [4.78, 5) is 10.5. The maximum atomic E-state index is 10.5. The number of hydrazine groups is 1. The van der Waals surface area contributed by atoms with Crippen LogP contribution in [0.1, 0.15) is 26.2 Å². The first kappa shape index (κ1) is 8.33. The quantitative estimate of drug-likeness (QED) is 0.580. The van der Waals surface area contributed by atoms with Crippen molar-refractivity contribution in [3.63, 3.8) is 0 Å². The van der Waals surface area contributed by atoms with Gasteiger partial charge in [-0.1, -0.05) is 6.42 Å². The summed E-state index contributed by atoms with van der Waals surface area (Å²) in [7, 11) is 0. The third-order valence-electron chi connectivity index (χ3n) is 2.06. The van der Waals surface area contributed by atoms with Gasteiger partial charge in [-0.25, -0.2) is 9.80 Å². The van der Waals surface area contributed by atoms with Gasteiger partial charge in [0, 0.05) is 12.6 Å². The number of carbonyl (C=O) groups is 1. The first-order valence-corrected chi connectivity index (χ1v) is 4.03. The van der Waals surface area contributed by atoms with Crippen LogP contribution in [-0.4, -0.2) is 23.6 Å². The van der Waals surface area contributed by atoms with E-state index in [0.717, 1.165) is 19.4 Å². The van der Waals surface area contributed by atoms with E-state index in [0.29, 0.717) is 6.04 Å². The normalized spacial score (nSPS) is 26.5. The molecule has 64 valence electrons. The molecule has 1 aliphatic rings. The lowest BCUT2D eigenvalue weighted by atomic mass is 10.1. The first-order chi connectivity index (χ1) is 5.20. The Labute approximate surface area is 66.7 Å². The maximum Gasteiger partial charge on any atom is 0.326 e. The van der Waals surface area contributed by atoms with E-state index in [1.807, 2.05) is 5.01 Å². The van der Waals surface area contributed by atoms with Gasteiger partial charge in [0.15, 0.2) is 0 Å². The van der Waals surface area contributed by atoms with Crippen molar-refractivity contribution in [3.8, 4) is 0 Å². The van der Waals surface area contributed by atoms with Gasteiger partial charge in [0.25, 0.3) is 0 Å². The molecule has 1 rings (SSSR count). The third-order valence-corrected chi connectivity index (χ3v) is 2.06. The molecular weight excluding hydrogens is 142 g/mol. The van der Waals surface area contributed by atoms with Gasteiger partial charge in [-0.3, -0.25) is 5.43 Å². The van der Waals surface area contributed by atoms with Gasteiger partial charge < -0.3 is 5.73 Å². The number of nitrogens with two attached hydrogens (primary N) is 1. The van der Waals surface area contributed by atoms with Gasteiger partial charge in [-0.15, -0.1) is 0 Å². The van der Waals surface area contributed by atoms with Crippen LogP contribution in [0.4, 0.5) is 4.79 Å². The minimum atomic E-state index is -0.459. The standard InChI is InChI=1S/C7H15N3O/c1-6-4-2-3-5-10(6)9-7(8)11/h6H,2-5H2,1H3,(H3,8,9,11). The fraction of sp³-hybridized carbons (Fsp3) is 0.857. The van der Waals surface area contributed by atoms with E-state index in [2.05, 4.69) is 12.3 Å². The molecule has 0 spiro atoms. The molecule has 1 unspecified atom stereocenters. The van der Waals surface area contributed by atoms with Crippen molar-refractivity contribution < 1.29 is 4.79 Å². The Kier molecular flexibility index (Phi) is 2.70. The Hall–Kier alpha value is -0.770. The van der Waals surface area contributed by atoms with Crippen molar-refractivity contribution in [2.75, 3.05) is 6.54 Å². The summed E-state index contributed by atoms with van der Waals surface area (Å²) in [5.74, 6) is 0. The van der Waals surface area contributed by atoms with Crippen molar-refractivity contribution in [1.82, 2.24) is 10.4 Å². The lowest BCUT2D eigenvalue weighted by Crippen LogP contribution is -2.51. The number of urea groups is 1. The number of carbonyl (C=O) groups excluding carboxylic acids is 1.